The van der Waals surface area contributed by atoms with Gasteiger partial charge in [0, 0.05) is 12.1 Å². The van der Waals surface area contributed by atoms with Crippen LogP contribution in [0.4, 0.5) is 5.69 Å². The van der Waals surface area contributed by atoms with E-state index in [1.165, 1.54) is 12.1 Å². The Balaban J connectivity index is 1.84. The second-order valence-corrected chi connectivity index (χ2v) is 8.28. The SMILES string of the molecule is CC1CCC(NS(=O)(=O)c2cc3c(cc2Cl)NC(=O)CO3)CC1. The fourth-order valence-electron chi connectivity index (χ4n) is 2.95. The smallest absolute Gasteiger partial charge is 0.262 e. The Morgan fingerprint density at radius 2 is 1.96 bits per heavy atom. The first-order valence-electron chi connectivity index (χ1n) is 7.63. The van der Waals surface area contributed by atoms with Crippen molar-refractivity contribution in [3.63, 3.8) is 0 Å². The van der Waals surface area contributed by atoms with Gasteiger partial charge in [0.15, 0.2) is 6.61 Å². The molecule has 1 aliphatic heterocycles. The number of rotatable bonds is 3. The molecule has 23 heavy (non-hydrogen) atoms. The van der Waals surface area contributed by atoms with Gasteiger partial charge in [-0.2, -0.15) is 0 Å². The van der Waals surface area contributed by atoms with Crippen LogP contribution in [0.2, 0.25) is 5.02 Å². The van der Waals surface area contributed by atoms with E-state index in [1.807, 2.05) is 0 Å². The predicted molar refractivity (Wildman–Crippen MR) is 87.3 cm³/mol. The lowest BCUT2D eigenvalue weighted by Gasteiger charge is -2.27. The summed E-state index contributed by atoms with van der Waals surface area (Å²) < 4.78 is 33.2. The molecular weight excluding hydrogens is 340 g/mol. The highest BCUT2D eigenvalue weighted by molar-refractivity contribution is 7.89. The number of amides is 1. The lowest BCUT2D eigenvalue weighted by molar-refractivity contribution is -0.118. The molecule has 8 heteroatoms. The highest BCUT2D eigenvalue weighted by Crippen LogP contribution is 2.36. The standard InChI is InChI=1S/C15H19ClN2O4S/c1-9-2-4-10(5-3-9)18-23(20,21)14-7-13-12(6-11(14)16)17-15(19)8-22-13/h6-7,9-10,18H,2-5,8H2,1H3,(H,17,19). The van der Waals surface area contributed by atoms with Gasteiger partial charge in [-0.1, -0.05) is 18.5 Å². The summed E-state index contributed by atoms with van der Waals surface area (Å²) in [5.74, 6) is 0.658. The van der Waals surface area contributed by atoms with E-state index in [1.54, 1.807) is 0 Å². The zero-order valence-corrected chi connectivity index (χ0v) is 14.3. The third-order valence-electron chi connectivity index (χ3n) is 4.29. The Kier molecular flexibility index (Phi) is 4.53. The first-order valence-corrected chi connectivity index (χ1v) is 9.50. The lowest BCUT2D eigenvalue weighted by Crippen LogP contribution is -2.37. The minimum atomic E-state index is -3.73. The summed E-state index contributed by atoms with van der Waals surface area (Å²) in [7, 11) is -3.73. The molecule has 1 aromatic carbocycles. The minimum Gasteiger partial charge on any atom is -0.482 e. The molecule has 3 rings (SSSR count). The van der Waals surface area contributed by atoms with E-state index in [4.69, 9.17) is 16.3 Å². The number of benzene rings is 1. The molecule has 1 amide bonds. The quantitative estimate of drug-likeness (QED) is 0.869. The maximum Gasteiger partial charge on any atom is 0.262 e. The molecule has 0 atom stereocenters. The van der Waals surface area contributed by atoms with Crippen LogP contribution in [-0.2, 0) is 14.8 Å². The summed E-state index contributed by atoms with van der Waals surface area (Å²) in [6.07, 6.45) is 3.69. The summed E-state index contributed by atoms with van der Waals surface area (Å²) in [4.78, 5) is 11.3. The molecule has 1 aliphatic carbocycles. The molecule has 6 nitrogen and oxygen atoms in total. The first-order chi connectivity index (χ1) is 10.8. The van der Waals surface area contributed by atoms with Crippen LogP contribution in [0.25, 0.3) is 0 Å². The van der Waals surface area contributed by atoms with Crippen molar-refractivity contribution in [2.75, 3.05) is 11.9 Å². The van der Waals surface area contributed by atoms with E-state index in [0.29, 0.717) is 17.4 Å². The van der Waals surface area contributed by atoms with Gasteiger partial charge in [0.25, 0.3) is 5.91 Å². The number of anilines is 1. The third kappa shape index (κ3) is 3.62. The summed E-state index contributed by atoms with van der Waals surface area (Å²) in [5, 5.41) is 2.66. The van der Waals surface area contributed by atoms with Crippen LogP contribution in [0.5, 0.6) is 5.75 Å². The van der Waals surface area contributed by atoms with E-state index in [-0.39, 0.29) is 28.5 Å². The number of carbonyl (C=O) groups is 1. The zero-order chi connectivity index (χ0) is 16.6. The molecule has 0 spiro atoms. The monoisotopic (exact) mass is 358 g/mol. The Morgan fingerprint density at radius 3 is 2.65 bits per heavy atom. The van der Waals surface area contributed by atoms with Gasteiger partial charge < -0.3 is 10.1 Å². The van der Waals surface area contributed by atoms with Crippen molar-refractivity contribution >= 4 is 33.2 Å². The fourth-order valence-corrected chi connectivity index (χ4v) is 4.80. The van der Waals surface area contributed by atoms with E-state index in [2.05, 4.69) is 17.0 Å². The van der Waals surface area contributed by atoms with Crippen molar-refractivity contribution in [3.05, 3.63) is 17.2 Å². The summed E-state index contributed by atoms with van der Waals surface area (Å²) in [5.41, 5.74) is 0.386. The summed E-state index contributed by atoms with van der Waals surface area (Å²) in [6, 6.07) is 2.71. The van der Waals surface area contributed by atoms with Crippen molar-refractivity contribution in [2.24, 2.45) is 5.92 Å². The van der Waals surface area contributed by atoms with Gasteiger partial charge in [-0.15, -0.1) is 0 Å². The number of hydrogen-bond donors (Lipinski definition) is 2. The van der Waals surface area contributed by atoms with Crippen LogP contribution >= 0.6 is 11.6 Å². The van der Waals surface area contributed by atoms with Crippen molar-refractivity contribution in [3.8, 4) is 5.75 Å². The van der Waals surface area contributed by atoms with E-state index < -0.39 is 10.0 Å². The maximum atomic E-state index is 12.6. The zero-order valence-electron chi connectivity index (χ0n) is 12.8. The normalized spacial score (nSPS) is 24.5. The van der Waals surface area contributed by atoms with Gasteiger partial charge in [0.05, 0.1) is 10.7 Å². The molecule has 0 saturated heterocycles. The number of hydrogen-bond acceptors (Lipinski definition) is 4. The topological polar surface area (TPSA) is 84.5 Å². The van der Waals surface area contributed by atoms with E-state index >= 15 is 0 Å². The number of nitrogens with one attached hydrogen (secondary N) is 2. The van der Waals surface area contributed by atoms with Crippen molar-refractivity contribution in [2.45, 2.75) is 43.5 Å². The largest absolute Gasteiger partial charge is 0.482 e. The highest BCUT2D eigenvalue weighted by Gasteiger charge is 2.28. The van der Waals surface area contributed by atoms with E-state index in [0.717, 1.165) is 25.7 Å². The van der Waals surface area contributed by atoms with E-state index in [9.17, 15) is 13.2 Å². The van der Waals surface area contributed by atoms with Gasteiger partial charge in [-0.3, -0.25) is 4.79 Å². The van der Waals surface area contributed by atoms with Crippen molar-refractivity contribution in [1.29, 1.82) is 0 Å². The molecule has 2 N–H and O–H groups in total. The molecule has 1 aromatic rings. The Morgan fingerprint density at radius 1 is 1.26 bits per heavy atom. The number of carbonyl (C=O) groups excluding carboxylic acids is 1. The fraction of sp³-hybridized carbons (Fsp3) is 0.533. The molecular formula is C15H19ClN2O4S. The third-order valence-corrected chi connectivity index (χ3v) is 6.28. The van der Waals surface area contributed by atoms with Gasteiger partial charge in [0.2, 0.25) is 10.0 Å². The van der Waals surface area contributed by atoms with Gasteiger partial charge in [-0.25, -0.2) is 13.1 Å². The van der Waals surface area contributed by atoms with Crippen LogP contribution < -0.4 is 14.8 Å². The molecule has 2 aliphatic rings. The molecule has 0 aromatic heterocycles. The van der Waals surface area contributed by atoms with Gasteiger partial charge in [0.1, 0.15) is 10.6 Å². The molecule has 1 fully saturated rings. The Hall–Kier alpha value is -1.31. The minimum absolute atomic E-state index is 0.0207. The van der Waals surface area contributed by atoms with Crippen LogP contribution in [0.15, 0.2) is 17.0 Å². The summed E-state index contributed by atoms with van der Waals surface area (Å²) >= 11 is 6.11. The van der Waals surface area contributed by atoms with Gasteiger partial charge >= 0.3 is 0 Å². The average molecular weight is 359 g/mol. The Bertz CT molecular complexity index is 727. The molecule has 1 saturated carbocycles. The summed E-state index contributed by atoms with van der Waals surface area (Å²) in [6.45, 7) is 2.04. The predicted octanol–water partition coefficient (Wildman–Crippen LogP) is 2.53. The maximum absolute atomic E-state index is 12.6. The van der Waals surface area contributed by atoms with Crippen LogP contribution in [0.1, 0.15) is 32.6 Å². The average Bonchev–Trinajstić information content (AvgIpc) is 2.48. The number of halogens is 1. The second-order valence-electron chi connectivity index (χ2n) is 6.19. The van der Waals surface area contributed by atoms with Crippen LogP contribution in [-0.4, -0.2) is 27.0 Å². The molecule has 126 valence electrons. The Labute approximate surface area is 140 Å². The molecule has 0 bridgehead atoms. The number of ether oxygens (including phenoxy) is 1. The number of fused-ring (bicyclic) bond motifs is 1. The molecule has 1 heterocycles. The van der Waals surface area contributed by atoms with Crippen LogP contribution in [0.3, 0.4) is 0 Å². The van der Waals surface area contributed by atoms with Crippen molar-refractivity contribution < 1.29 is 17.9 Å². The lowest BCUT2D eigenvalue weighted by atomic mass is 9.88. The molecule has 0 unspecified atom stereocenters. The van der Waals surface area contributed by atoms with Crippen LogP contribution in [0, 0.1) is 5.92 Å². The van der Waals surface area contributed by atoms with Gasteiger partial charge in [-0.05, 0) is 37.7 Å². The highest BCUT2D eigenvalue weighted by atomic mass is 35.5. The van der Waals surface area contributed by atoms with Crippen molar-refractivity contribution in [1.82, 2.24) is 4.72 Å². The molecule has 0 radical (unpaired) electrons. The number of sulfonamides is 1. The first kappa shape index (κ1) is 16.5. The second kappa shape index (κ2) is 6.30.